The first-order chi connectivity index (χ1) is 15.5. The van der Waals surface area contributed by atoms with Gasteiger partial charge in [0, 0.05) is 16.8 Å². The van der Waals surface area contributed by atoms with E-state index >= 15 is 0 Å². The molecule has 3 aromatic rings. The van der Waals surface area contributed by atoms with Gasteiger partial charge < -0.3 is 14.8 Å². The maximum atomic E-state index is 6.19. The molecule has 2 aromatic carbocycles. The van der Waals surface area contributed by atoms with Gasteiger partial charge in [0.15, 0.2) is 11.5 Å². The molecule has 0 amide bonds. The van der Waals surface area contributed by atoms with Gasteiger partial charge >= 0.3 is 0 Å². The molecule has 1 aliphatic heterocycles. The summed E-state index contributed by atoms with van der Waals surface area (Å²) in [6, 6.07) is 16.1. The van der Waals surface area contributed by atoms with E-state index in [0.717, 1.165) is 39.7 Å². The van der Waals surface area contributed by atoms with Crippen LogP contribution in [-0.2, 0) is 13.0 Å². The maximum absolute atomic E-state index is 6.19. The Morgan fingerprint density at radius 3 is 2.62 bits per heavy atom. The number of hydrogen-bond donors (Lipinski definition) is 1. The Morgan fingerprint density at radius 1 is 1.06 bits per heavy atom. The Labute approximate surface area is 194 Å². The van der Waals surface area contributed by atoms with Crippen molar-refractivity contribution in [2.45, 2.75) is 45.9 Å². The molecule has 2 heterocycles. The van der Waals surface area contributed by atoms with Crippen molar-refractivity contribution >= 4 is 17.4 Å². The Kier molecular flexibility index (Phi) is 6.66. The minimum absolute atomic E-state index is 0.0212. The number of halogens is 1. The fourth-order valence-corrected chi connectivity index (χ4v) is 4.10. The Hall–Kier alpha value is -3.05. The number of nitrogens with one attached hydrogen (secondary N) is 1. The largest absolute Gasteiger partial charge is 0.493 e. The van der Waals surface area contributed by atoms with E-state index in [0.29, 0.717) is 18.1 Å². The molecule has 2 atom stereocenters. The minimum Gasteiger partial charge on any atom is -0.493 e. The van der Waals surface area contributed by atoms with Gasteiger partial charge in [-0.05, 0) is 73.4 Å². The summed E-state index contributed by atoms with van der Waals surface area (Å²) in [6.07, 6.45) is 2.74. The number of benzene rings is 2. The molecule has 1 unspecified atom stereocenters. The van der Waals surface area contributed by atoms with Gasteiger partial charge in [0.2, 0.25) is 0 Å². The fraction of sp³-hybridized carbons (Fsp3) is 0.308. The summed E-state index contributed by atoms with van der Waals surface area (Å²) < 4.78 is 11.6. The highest BCUT2D eigenvalue weighted by molar-refractivity contribution is 6.30. The molecule has 166 valence electrons. The number of methoxy groups -OCH3 is 1. The molecular formula is C26H28ClN3O2. The maximum Gasteiger partial charge on any atom is 0.161 e. The average molecular weight is 450 g/mol. The zero-order valence-electron chi connectivity index (χ0n) is 18.9. The highest BCUT2D eigenvalue weighted by atomic mass is 35.5. The lowest BCUT2D eigenvalue weighted by molar-refractivity contribution is 0.280. The number of aliphatic imine (C=N–C) groups is 1. The Morgan fingerprint density at radius 2 is 1.91 bits per heavy atom. The number of nitrogens with zero attached hydrogens (tertiary/aromatic N) is 2. The summed E-state index contributed by atoms with van der Waals surface area (Å²) in [5.41, 5.74) is 5.36. The highest BCUT2D eigenvalue weighted by Crippen LogP contribution is 2.35. The highest BCUT2D eigenvalue weighted by Gasteiger charge is 2.28. The summed E-state index contributed by atoms with van der Waals surface area (Å²) in [5, 5.41) is 4.29. The van der Waals surface area contributed by atoms with Crippen molar-refractivity contribution in [1.29, 1.82) is 0 Å². The third-order valence-electron chi connectivity index (χ3n) is 5.69. The quantitative estimate of drug-likeness (QED) is 0.504. The van der Waals surface area contributed by atoms with Crippen LogP contribution in [0.1, 0.15) is 47.8 Å². The Balaban J connectivity index is 1.56. The molecule has 0 fully saturated rings. The number of amidine groups is 1. The number of ether oxygens (including phenoxy) is 2. The summed E-state index contributed by atoms with van der Waals surface area (Å²) in [6.45, 7) is 6.67. The molecule has 0 spiro atoms. The van der Waals surface area contributed by atoms with E-state index in [4.69, 9.17) is 26.1 Å². The van der Waals surface area contributed by atoms with Crippen LogP contribution in [0.5, 0.6) is 11.5 Å². The van der Waals surface area contributed by atoms with Crippen LogP contribution < -0.4 is 14.8 Å². The summed E-state index contributed by atoms with van der Waals surface area (Å²) in [5.74, 6) is 2.28. The number of aromatic nitrogens is 1. The van der Waals surface area contributed by atoms with Crippen LogP contribution in [0, 0.1) is 6.92 Å². The van der Waals surface area contributed by atoms with Gasteiger partial charge in [-0.25, -0.2) is 0 Å². The number of aryl methyl sites for hydroxylation is 2. The lowest BCUT2D eigenvalue weighted by atomic mass is 10.0. The van der Waals surface area contributed by atoms with Crippen molar-refractivity contribution in [3.63, 3.8) is 0 Å². The van der Waals surface area contributed by atoms with Crippen LogP contribution in [0.15, 0.2) is 59.7 Å². The first-order valence-corrected chi connectivity index (χ1v) is 11.2. The predicted molar refractivity (Wildman–Crippen MR) is 129 cm³/mol. The van der Waals surface area contributed by atoms with Crippen LogP contribution in [0.25, 0.3) is 0 Å². The van der Waals surface area contributed by atoms with Crippen LogP contribution in [0.3, 0.4) is 0 Å². The first-order valence-electron chi connectivity index (χ1n) is 10.8. The van der Waals surface area contributed by atoms with E-state index < -0.39 is 0 Å². The third-order valence-corrected chi connectivity index (χ3v) is 5.92. The van der Waals surface area contributed by atoms with E-state index in [1.54, 1.807) is 7.11 Å². The molecule has 0 radical (unpaired) electrons. The van der Waals surface area contributed by atoms with Crippen LogP contribution in [-0.4, -0.2) is 24.0 Å². The second-order valence-electron chi connectivity index (χ2n) is 8.04. The molecule has 0 bridgehead atoms. The molecule has 32 heavy (non-hydrogen) atoms. The summed E-state index contributed by atoms with van der Waals surface area (Å²) in [4.78, 5) is 9.41. The van der Waals surface area contributed by atoms with Gasteiger partial charge in [-0.15, -0.1) is 0 Å². The molecule has 6 heteroatoms. The molecule has 1 N–H and O–H groups in total. The van der Waals surface area contributed by atoms with Crippen molar-refractivity contribution < 1.29 is 9.47 Å². The molecule has 1 aliphatic rings. The second kappa shape index (κ2) is 9.61. The van der Waals surface area contributed by atoms with Crippen molar-refractivity contribution in [2.24, 2.45) is 4.99 Å². The number of pyridine rings is 1. The minimum atomic E-state index is -0.0212. The van der Waals surface area contributed by atoms with Crippen molar-refractivity contribution in [2.75, 3.05) is 7.11 Å². The van der Waals surface area contributed by atoms with Gasteiger partial charge in [0.1, 0.15) is 12.4 Å². The van der Waals surface area contributed by atoms with Gasteiger partial charge in [0.25, 0.3) is 0 Å². The van der Waals surface area contributed by atoms with Crippen LogP contribution in [0.2, 0.25) is 5.02 Å². The number of rotatable bonds is 7. The van der Waals surface area contributed by atoms with E-state index in [-0.39, 0.29) is 12.1 Å². The van der Waals surface area contributed by atoms with Crippen molar-refractivity contribution in [3.8, 4) is 11.5 Å². The van der Waals surface area contributed by atoms with Gasteiger partial charge in [-0.2, -0.15) is 0 Å². The summed E-state index contributed by atoms with van der Waals surface area (Å²) >= 11 is 6.19. The van der Waals surface area contributed by atoms with Gasteiger partial charge in [0.05, 0.1) is 24.9 Å². The summed E-state index contributed by atoms with van der Waals surface area (Å²) in [7, 11) is 1.66. The monoisotopic (exact) mass is 449 g/mol. The van der Waals surface area contributed by atoms with E-state index in [1.165, 1.54) is 5.56 Å². The van der Waals surface area contributed by atoms with E-state index in [2.05, 4.69) is 30.2 Å². The van der Waals surface area contributed by atoms with Crippen molar-refractivity contribution in [1.82, 2.24) is 10.3 Å². The topological polar surface area (TPSA) is 55.7 Å². The Bertz CT molecular complexity index is 1130. The molecule has 4 rings (SSSR count). The molecule has 0 aliphatic carbocycles. The molecule has 0 saturated carbocycles. The third kappa shape index (κ3) is 4.73. The zero-order chi connectivity index (χ0) is 22.7. The van der Waals surface area contributed by atoms with E-state index in [9.17, 15) is 0 Å². The normalized spacial score (nSPS) is 17.6. The van der Waals surface area contributed by atoms with E-state index in [1.807, 2.05) is 55.6 Å². The average Bonchev–Trinajstić information content (AvgIpc) is 3.19. The van der Waals surface area contributed by atoms with Crippen molar-refractivity contribution in [3.05, 3.63) is 87.7 Å². The molecule has 1 aromatic heterocycles. The number of hydrogen-bond acceptors (Lipinski definition) is 5. The smallest absolute Gasteiger partial charge is 0.161 e. The lowest BCUT2D eigenvalue weighted by Gasteiger charge is -2.17. The fourth-order valence-electron chi connectivity index (χ4n) is 3.90. The predicted octanol–water partition coefficient (Wildman–Crippen LogP) is 5.67. The van der Waals surface area contributed by atoms with Crippen LogP contribution in [0.4, 0.5) is 0 Å². The standard InChI is InChI=1S/C26H28ClN3O2/c1-5-18-12-20(27)8-10-22(18)26-29-17(3)25(30-26)19-7-11-23(24(13-19)31-4)32-15-21-9-6-16(2)14-28-21/h6-14,17,25H,5,15H2,1-4H3,(H,29,30)/t17?,25-/m1/s1. The SMILES string of the molecule is CCc1cc(Cl)ccc1C1=N[C@@H](c2ccc(OCc3ccc(C)cn3)c(OC)c2)C(C)N1. The first kappa shape index (κ1) is 22.2. The molecule has 0 saturated heterocycles. The van der Waals surface area contributed by atoms with Gasteiger partial charge in [-0.1, -0.05) is 30.7 Å². The second-order valence-corrected chi connectivity index (χ2v) is 8.47. The molecule has 5 nitrogen and oxygen atoms in total. The van der Waals surface area contributed by atoms with Crippen LogP contribution >= 0.6 is 11.6 Å². The molecular weight excluding hydrogens is 422 g/mol. The lowest BCUT2D eigenvalue weighted by Crippen LogP contribution is -2.29. The van der Waals surface area contributed by atoms with Gasteiger partial charge in [-0.3, -0.25) is 9.98 Å². The zero-order valence-corrected chi connectivity index (χ0v) is 19.6.